The van der Waals surface area contributed by atoms with Crippen molar-refractivity contribution in [2.24, 2.45) is 0 Å². The zero-order valence-corrected chi connectivity index (χ0v) is 14.1. The van der Waals surface area contributed by atoms with Gasteiger partial charge in [0.15, 0.2) is 0 Å². The van der Waals surface area contributed by atoms with E-state index in [0.717, 1.165) is 23.4 Å². The average molecular weight is 330 g/mol. The molecule has 0 fully saturated rings. The van der Waals surface area contributed by atoms with Gasteiger partial charge in [0.25, 0.3) is 0 Å². The molecule has 0 atom stereocenters. The molecule has 3 rings (SSSR count). The first kappa shape index (κ1) is 15.6. The summed E-state index contributed by atoms with van der Waals surface area (Å²) < 4.78 is 27.8. The highest BCUT2D eigenvalue weighted by Crippen LogP contribution is 2.26. The van der Waals surface area contributed by atoms with E-state index in [0.29, 0.717) is 5.52 Å². The Morgan fingerprint density at radius 3 is 2.61 bits per heavy atom. The van der Waals surface area contributed by atoms with Gasteiger partial charge in [-0.3, -0.25) is 4.98 Å². The number of hydrogen-bond acceptors (Lipinski definition) is 4. The van der Waals surface area contributed by atoms with Crippen LogP contribution in [0.2, 0.25) is 0 Å². The number of aromatic nitrogens is 3. The summed E-state index contributed by atoms with van der Waals surface area (Å²) in [5.41, 5.74) is 2.47. The third kappa shape index (κ3) is 2.62. The summed E-state index contributed by atoms with van der Waals surface area (Å²) in [7, 11) is -0.433. The van der Waals surface area contributed by atoms with Gasteiger partial charge in [-0.05, 0) is 37.3 Å². The fourth-order valence-corrected chi connectivity index (χ4v) is 3.44. The van der Waals surface area contributed by atoms with Crippen LogP contribution in [0.1, 0.15) is 6.92 Å². The number of hydrogen-bond donors (Lipinski definition) is 0. The van der Waals surface area contributed by atoms with Crippen molar-refractivity contribution in [3.8, 4) is 11.4 Å². The molecule has 120 valence electrons. The summed E-state index contributed by atoms with van der Waals surface area (Å²) in [5, 5.41) is 0. The van der Waals surface area contributed by atoms with Crippen LogP contribution in [0.3, 0.4) is 0 Å². The molecule has 0 unspecified atom stereocenters. The van der Waals surface area contributed by atoms with Crippen LogP contribution in [0.5, 0.6) is 0 Å². The van der Waals surface area contributed by atoms with Crippen LogP contribution in [0, 0.1) is 0 Å². The van der Waals surface area contributed by atoms with Crippen molar-refractivity contribution in [1.29, 1.82) is 0 Å². The van der Waals surface area contributed by atoms with Crippen molar-refractivity contribution in [1.82, 2.24) is 18.8 Å². The van der Waals surface area contributed by atoms with E-state index >= 15 is 0 Å². The van der Waals surface area contributed by atoms with Gasteiger partial charge < -0.3 is 4.57 Å². The zero-order valence-electron chi connectivity index (χ0n) is 13.3. The largest absolute Gasteiger partial charge is 0.324 e. The second kappa shape index (κ2) is 5.75. The second-order valence-corrected chi connectivity index (χ2v) is 7.51. The van der Waals surface area contributed by atoms with Crippen LogP contribution in [0.25, 0.3) is 22.4 Å². The fraction of sp³-hybridized carbons (Fsp3) is 0.250. The van der Waals surface area contributed by atoms with E-state index in [1.54, 1.807) is 24.5 Å². The van der Waals surface area contributed by atoms with E-state index in [1.165, 1.54) is 18.4 Å². The first-order valence-corrected chi connectivity index (χ1v) is 8.72. The maximum absolute atomic E-state index is 12.3. The predicted octanol–water partition coefficient (Wildman–Crippen LogP) is 2.37. The molecule has 0 saturated heterocycles. The van der Waals surface area contributed by atoms with Crippen molar-refractivity contribution >= 4 is 21.1 Å². The standard InChI is InChI=1S/C16H18N4O2S/c1-4-20-15-8-7-13(23(21,22)19(2)3)10-14(15)18-16(20)12-6-5-9-17-11-12/h5-11H,4H2,1-3H3. The third-order valence-corrected chi connectivity index (χ3v) is 5.55. The van der Waals surface area contributed by atoms with E-state index in [4.69, 9.17) is 0 Å². The second-order valence-electron chi connectivity index (χ2n) is 5.36. The van der Waals surface area contributed by atoms with Crippen molar-refractivity contribution in [2.75, 3.05) is 14.1 Å². The molecule has 0 saturated carbocycles. The van der Waals surface area contributed by atoms with Crippen LogP contribution in [-0.4, -0.2) is 41.4 Å². The average Bonchev–Trinajstić information content (AvgIpc) is 2.93. The van der Waals surface area contributed by atoms with Gasteiger partial charge in [0, 0.05) is 38.6 Å². The van der Waals surface area contributed by atoms with E-state index in [2.05, 4.69) is 14.5 Å². The minimum atomic E-state index is -3.47. The van der Waals surface area contributed by atoms with E-state index < -0.39 is 10.0 Å². The van der Waals surface area contributed by atoms with Gasteiger partial charge in [0.1, 0.15) is 5.82 Å². The maximum Gasteiger partial charge on any atom is 0.242 e. The Kier molecular flexibility index (Phi) is 3.91. The Morgan fingerprint density at radius 2 is 2.00 bits per heavy atom. The van der Waals surface area contributed by atoms with E-state index in [1.807, 2.05) is 25.1 Å². The van der Waals surface area contributed by atoms with Crippen molar-refractivity contribution < 1.29 is 8.42 Å². The van der Waals surface area contributed by atoms with Crippen LogP contribution in [-0.2, 0) is 16.6 Å². The molecule has 0 aliphatic rings. The molecule has 0 spiro atoms. The molecule has 0 N–H and O–H groups in total. The molecule has 1 aromatic carbocycles. The van der Waals surface area contributed by atoms with Gasteiger partial charge >= 0.3 is 0 Å². The van der Waals surface area contributed by atoms with Gasteiger partial charge in [0.2, 0.25) is 10.0 Å². The molecule has 2 heterocycles. The number of aryl methyl sites for hydroxylation is 1. The lowest BCUT2D eigenvalue weighted by Gasteiger charge is -2.11. The molecule has 0 bridgehead atoms. The van der Waals surface area contributed by atoms with Gasteiger partial charge in [0.05, 0.1) is 15.9 Å². The van der Waals surface area contributed by atoms with Gasteiger partial charge in [-0.15, -0.1) is 0 Å². The molecular weight excluding hydrogens is 312 g/mol. The van der Waals surface area contributed by atoms with Crippen molar-refractivity contribution in [3.05, 3.63) is 42.7 Å². The van der Waals surface area contributed by atoms with Gasteiger partial charge in [-0.2, -0.15) is 0 Å². The summed E-state index contributed by atoms with van der Waals surface area (Å²) >= 11 is 0. The molecule has 23 heavy (non-hydrogen) atoms. The molecule has 0 radical (unpaired) electrons. The highest BCUT2D eigenvalue weighted by molar-refractivity contribution is 7.89. The van der Waals surface area contributed by atoms with Crippen LogP contribution < -0.4 is 0 Å². The highest BCUT2D eigenvalue weighted by Gasteiger charge is 2.19. The molecule has 0 aliphatic heterocycles. The lowest BCUT2D eigenvalue weighted by molar-refractivity contribution is 0.521. The molecule has 0 aliphatic carbocycles. The molecular formula is C16H18N4O2S. The Balaban J connectivity index is 2.23. The number of imidazole rings is 1. The monoisotopic (exact) mass is 330 g/mol. The van der Waals surface area contributed by atoms with Crippen LogP contribution in [0.15, 0.2) is 47.6 Å². The maximum atomic E-state index is 12.3. The molecule has 6 nitrogen and oxygen atoms in total. The molecule has 0 amide bonds. The number of nitrogens with zero attached hydrogens (tertiary/aromatic N) is 4. The summed E-state index contributed by atoms with van der Waals surface area (Å²) in [6, 6.07) is 8.85. The SMILES string of the molecule is CCn1c(-c2cccnc2)nc2cc(S(=O)(=O)N(C)C)ccc21. The van der Waals surface area contributed by atoms with Gasteiger partial charge in [-0.25, -0.2) is 17.7 Å². The van der Waals surface area contributed by atoms with Crippen LogP contribution in [0.4, 0.5) is 0 Å². The smallest absolute Gasteiger partial charge is 0.242 e. The summed E-state index contributed by atoms with van der Waals surface area (Å²) in [4.78, 5) is 9.00. The van der Waals surface area contributed by atoms with Crippen molar-refractivity contribution in [2.45, 2.75) is 18.4 Å². The number of pyridine rings is 1. The quantitative estimate of drug-likeness (QED) is 0.736. The highest BCUT2D eigenvalue weighted by atomic mass is 32.2. The van der Waals surface area contributed by atoms with Crippen LogP contribution >= 0.6 is 0 Å². The predicted molar refractivity (Wildman–Crippen MR) is 89.5 cm³/mol. The Hall–Kier alpha value is -2.25. The van der Waals surface area contributed by atoms with E-state index in [-0.39, 0.29) is 4.90 Å². The summed E-state index contributed by atoms with van der Waals surface area (Å²) in [6.45, 7) is 2.77. The third-order valence-electron chi connectivity index (χ3n) is 3.73. The van der Waals surface area contributed by atoms with E-state index in [9.17, 15) is 8.42 Å². The number of sulfonamides is 1. The van der Waals surface area contributed by atoms with Crippen molar-refractivity contribution in [3.63, 3.8) is 0 Å². The first-order valence-electron chi connectivity index (χ1n) is 7.28. The Morgan fingerprint density at radius 1 is 1.22 bits per heavy atom. The lowest BCUT2D eigenvalue weighted by atomic mass is 10.2. The number of rotatable bonds is 4. The number of fused-ring (bicyclic) bond motifs is 1. The Labute approximate surface area is 135 Å². The molecule has 2 aromatic heterocycles. The normalized spacial score (nSPS) is 12.2. The molecule has 7 heteroatoms. The lowest BCUT2D eigenvalue weighted by Crippen LogP contribution is -2.22. The number of benzene rings is 1. The minimum Gasteiger partial charge on any atom is -0.324 e. The summed E-state index contributed by atoms with van der Waals surface area (Å²) in [6.07, 6.45) is 3.47. The Bertz CT molecular complexity index is 947. The summed E-state index contributed by atoms with van der Waals surface area (Å²) in [5.74, 6) is 0.787. The fourth-order valence-electron chi connectivity index (χ4n) is 2.52. The zero-order chi connectivity index (χ0) is 16.6. The van der Waals surface area contributed by atoms with Gasteiger partial charge in [-0.1, -0.05) is 0 Å². The minimum absolute atomic E-state index is 0.244. The molecule has 3 aromatic rings. The topological polar surface area (TPSA) is 68.1 Å². The first-order chi connectivity index (χ1) is 10.9.